The van der Waals surface area contributed by atoms with Gasteiger partial charge in [0.15, 0.2) is 40.2 Å². The molecule has 41 heavy (non-hydrogen) atoms. The van der Waals surface area contributed by atoms with Gasteiger partial charge in [-0.25, -0.2) is 9.97 Å². The lowest BCUT2D eigenvalue weighted by Crippen LogP contribution is -2.19. The number of nitrogens with zero attached hydrogens (tertiary/aromatic N) is 4. The molecule has 0 bridgehead atoms. The molecule has 1 unspecified atom stereocenters. The average Bonchev–Trinajstić information content (AvgIpc) is 3.70. The van der Waals surface area contributed by atoms with Crippen molar-refractivity contribution in [2.75, 3.05) is 33.8 Å². The fraction of sp³-hybridized carbons (Fsp3) is 0.241. The summed E-state index contributed by atoms with van der Waals surface area (Å²) in [5.41, 5.74) is 2.49. The van der Waals surface area contributed by atoms with Crippen LogP contribution in [-0.4, -0.2) is 58.6 Å². The number of Topliss-reactive ketones (excluding diaryl/α,β-unsaturated/α-hetero) is 1. The van der Waals surface area contributed by atoms with Crippen LogP contribution < -0.4 is 24.3 Å². The Morgan fingerprint density at radius 1 is 0.951 bits per heavy atom. The first-order valence-electron chi connectivity index (χ1n) is 12.6. The Labute approximate surface area is 244 Å². The summed E-state index contributed by atoms with van der Waals surface area (Å²) in [4.78, 5) is 22.3. The summed E-state index contributed by atoms with van der Waals surface area (Å²) in [5.74, 6) is 3.47. The van der Waals surface area contributed by atoms with Crippen molar-refractivity contribution in [1.29, 1.82) is 0 Å². The van der Waals surface area contributed by atoms with Gasteiger partial charge in [0, 0.05) is 12.7 Å². The van der Waals surface area contributed by atoms with Gasteiger partial charge in [-0.15, -0.1) is 5.10 Å². The molecule has 3 heterocycles. The summed E-state index contributed by atoms with van der Waals surface area (Å²) in [6.07, 6.45) is 3.46. The highest BCUT2D eigenvalue weighted by atomic mass is 79.9. The number of halogens is 1. The fourth-order valence-electron chi connectivity index (χ4n) is 4.32. The van der Waals surface area contributed by atoms with Gasteiger partial charge in [0.1, 0.15) is 0 Å². The molecule has 12 heteroatoms. The van der Waals surface area contributed by atoms with Crippen LogP contribution in [0.4, 0.5) is 5.95 Å². The molecule has 0 aliphatic rings. The fourth-order valence-corrected chi connectivity index (χ4v) is 4.94. The standard InChI is InChI=1S/C29H28BrN5O6/c1-37-21-9-7-17(13-24(21)39-3)12-20(30)26(36)19-16-32-29(31-15-18-8-10-22(38-2)25(14-18)40-4)35-28(19)33-27(34-35)23-6-5-11-41-23/h5-11,13-14,16,20H,12,15H2,1-4H3,(H,31,32). The number of nitrogens with one attached hydrogen (secondary N) is 1. The van der Waals surface area contributed by atoms with E-state index in [0.717, 1.165) is 11.1 Å². The van der Waals surface area contributed by atoms with E-state index in [1.807, 2.05) is 36.4 Å². The molecule has 0 saturated heterocycles. The van der Waals surface area contributed by atoms with Crippen molar-refractivity contribution < 1.29 is 28.2 Å². The Morgan fingerprint density at radius 3 is 2.24 bits per heavy atom. The Morgan fingerprint density at radius 2 is 1.61 bits per heavy atom. The number of carbonyl (C=O) groups excluding carboxylic acids is 1. The van der Waals surface area contributed by atoms with Crippen LogP contribution in [0.5, 0.6) is 23.0 Å². The van der Waals surface area contributed by atoms with Crippen molar-refractivity contribution in [3.05, 3.63) is 77.7 Å². The molecule has 5 rings (SSSR count). The zero-order chi connectivity index (χ0) is 28.9. The van der Waals surface area contributed by atoms with E-state index in [9.17, 15) is 4.79 Å². The lowest BCUT2D eigenvalue weighted by atomic mass is 10.0. The molecule has 3 aromatic heterocycles. The number of ether oxygens (including phenoxy) is 4. The number of anilines is 1. The van der Waals surface area contributed by atoms with Crippen LogP contribution >= 0.6 is 15.9 Å². The Hall–Kier alpha value is -4.58. The zero-order valence-electron chi connectivity index (χ0n) is 22.9. The van der Waals surface area contributed by atoms with Crippen LogP contribution in [0.3, 0.4) is 0 Å². The number of methoxy groups -OCH3 is 4. The summed E-state index contributed by atoms with van der Waals surface area (Å²) in [6, 6.07) is 14.7. The normalized spacial score (nSPS) is 11.7. The van der Waals surface area contributed by atoms with Gasteiger partial charge in [0.2, 0.25) is 11.8 Å². The van der Waals surface area contributed by atoms with Gasteiger partial charge in [-0.1, -0.05) is 28.1 Å². The number of hydrogen-bond donors (Lipinski definition) is 1. The summed E-state index contributed by atoms with van der Waals surface area (Å²) in [7, 11) is 6.33. The van der Waals surface area contributed by atoms with Crippen molar-refractivity contribution in [2.45, 2.75) is 17.8 Å². The predicted molar refractivity (Wildman–Crippen MR) is 156 cm³/mol. The molecule has 5 aromatic rings. The highest BCUT2D eigenvalue weighted by Gasteiger charge is 2.25. The molecule has 0 aliphatic heterocycles. The van der Waals surface area contributed by atoms with Gasteiger partial charge >= 0.3 is 0 Å². The quantitative estimate of drug-likeness (QED) is 0.146. The molecular formula is C29H28BrN5O6. The summed E-state index contributed by atoms with van der Waals surface area (Å²) in [6.45, 7) is 0.409. The maximum Gasteiger partial charge on any atom is 0.226 e. The van der Waals surface area contributed by atoms with Crippen LogP contribution in [0, 0.1) is 0 Å². The van der Waals surface area contributed by atoms with Gasteiger partial charge in [0.25, 0.3) is 0 Å². The second kappa shape index (κ2) is 12.3. The van der Waals surface area contributed by atoms with E-state index >= 15 is 0 Å². The number of ketones is 1. The molecule has 1 atom stereocenters. The van der Waals surface area contributed by atoms with Crippen molar-refractivity contribution in [1.82, 2.24) is 19.6 Å². The van der Waals surface area contributed by atoms with E-state index in [0.29, 0.717) is 64.7 Å². The second-order valence-electron chi connectivity index (χ2n) is 8.91. The second-order valence-corrected chi connectivity index (χ2v) is 10.0. The lowest BCUT2D eigenvalue weighted by molar-refractivity contribution is 0.0992. The molecule has 2 aromatic carbocycles. The van der Waals surface area contributed by atoms with Crippen molar-refractivity contribution in [3.8, 4) is 34.6 Å². The van der Waals surface area contributed by atoms with Gasteiger partial charge in [-0.3, -0.25) is 4.79 Å². The predicted octanol–water partition coefficient (Wildman–Crippen LogP) is 5.22. The Bertz CT molecular complexity index is 1670. The first-order valence-corrected chi connectivity index (χ1v) is 13.5. The number of benzene rings is 2. The monoisotopic (exact) mass is 621 g/mol. The third-order valence-corrected chi connectivity index (χ3v) is 7.16. The largest absolute Gasteiger partial charge is 0.493 e. The van der Waals surface area contributed by atoms with E-state index in [1.54, 1.807) is 46.8 Å². The molecule has 1 N–H and O–H groups in total. The average molecular weight is 622 g/mol. The van der Waals surface area contributed by atoms with Crippen LogP contribution in [0.2, 0.25) is 0 Å². The van der Waals surface area contributed by atoms with E-state index in [1.165, 1.54) is 10.7 Å². The Balaban J connectivity index is 1.45. The van der Waals surface area contributed by atoms with Gasteiger partial charge < -0.3 is 28.7 Å². The molecule has 0 saturated carbocycles. The van der Waals surface area contributed by atoms with Crippen LogP contribution in [-0.2, 0) is 13.0 Å². The number of aromatic nitrogens is 4. The van der Waals surface area contributed by atoms with Gasteiger partial charge in [-0.2, -0.15) is 4.52 Å². The zero-order valence-corrected chi connectivity index (χ0v) is 24.5. The molecular weight excluding hydrogens is 594 g/mol. The molecule has 0 amide bonds. The summed E-state index contributed by atoms with van der Waals surface area (Å²) >= 11 is 3.57. The Kier molecular flexibility index (Phi) is 8.39. The van der Waals surface area contributed by atoms with Gasteiger partial charge in [-0.05, 0) is 53.9 Å². The third-order valence-electron chi connectivity index (χ3n) is 6.42. The van der Waals surface area contributed by atoms with E-state index in [-0.39, 0.29) is 5.78 Å². The SMILES string of the molecule is COc1ccc(CNc2ncc(C(=O)C(Br)Cc3ccc(OC)c(OC)c3)c3nc(-c4ccco4)nn23)cc1OC. The number of carbonyl (C=O) groups is 1. The first kappa shape index (κ1) is 28.0. The highest BCUT2D eigenvalue weighted by Crippen LogP contribution is 2.30. The lowest BCUT2D eigenvalue weighted by Gasteiger charge is -2.14. The summed E-state index contributed by atoms with van der Waals surface area (Å²) in [5, 5.41) is 7.88. The molecule has 0 aliphatic carbocycles. The van der Waals surface area contributed by atoms with Crippen LogP contribution in [0.1, 0.15) is 21.5 Å². The minimum absolute atomic E-state index is 0.192. The minimum atomic E-state index is -0.555. The van der Waals surface area contributed by atoms with Crippen molar-refractivity contribution in [2.24, 2.45) is 0 Å². The third kappa shape index (κ3) is 5.82. The van der Waals surface area contributed by atoms with E-state index in [4.69, 9.17) is 23.4 Å². The van der Waals surface area contributed by atoms with E-state index in [2.05, 4.69) is 36.3 Å². The van der Waals surface area contributed by atoms with Crippen LogP contribution in [0.15, 0.2) is 65.4 Å². The first-order chi connectivity index (χ1) is 19.9. The highest BCUT2D eigenvalue weighted by molar-refractivity contribution is 9.10. The number of hydrogen-bond acceptors (Lipinski definition) is 10. The van der Waals surface area contributed by atoms with E-state index < -0.39 is 4.83 Å². The van der Waals surface area contributed by atoms with Gasteiger partial charge in [0.05, 0.1) is 45.1 Å². The number of furan rings is 1. The van der Waals surface area contributed by atoms with Crippen molar-refractivity contribution >= 4 is 33.3 Å². The molecule has 0 radical (unpaired) electrons. The van der Waals surface area contributed by atoms with Crippen molar-refractivity contribution in [3.63, 3.8) is 0 Å². The number of fused-ring (bicyclic) bond motifs is 1. The molecule has 0 spiro atoms. The summed E-state index contributed by atoms with van der Waals surface area (Å²) < 4.78 is 28.5. The number of alkyl halides is 1. The molecule has 212 valence electrons. The van der Waals surface area contributed by atoms with Crippen LogP contribution in [0.25, 0.3) is 17.2 Å². The smallest absolute Gasteiger partial charge is 0.226 e. The number of rotatable bonds is 12. The maximum atomic E-state index is 13.7. The molecule has 11 nitrogen and oxygen atoms in total. The minimum Gasteiger partial charge on any atom is -0.493 e. The topological polar surface area (TPSA) is 122 Å². The maximum absolute atomic E-state index is 13.7. The molecule has 0 fully saturated rings.